The van der Waals surface area contributed by atoms with Gasteiger partial charge >= 0.3 is 0 Å². The molecule has 0 aromatic rings. The second-order valence-electron chi connectivity index (χ2n) is 2.27. The maximum absolute atomic E-state index is 10.1. The Morgan fingerprint density at radius 1 is 1.86 bits per heavy atom. The molecule has 0 saturated carbocycles. The van der Waals surface area contributed by atoms with Crippen LogP contribution in [0.25, 0.3) is 0 Å². The number of nitrogens with zero attached hydrogens (tertiary/aromatic N) is 3. The molecule has 1 aliphatic rings. The Morgan fingerprint density at radius 2 is 2.57 bits per heavy atom. The van der Waals surface area contributed by atoms with Crippen LogP contribution in [0.1, 0.15) is 0 Å². The predicted molar refractivity (Wildman–Crippen MR) is 53.8 cm³/mol. The van der Waals surface area contributed by atoms with Gasteiger partial charge in [0.15, 0.2) is 5.82 Å². The monoisotopic (exact) mass is 210 g/mol. The van der Waals surface area contributed by atoms with Gasteiger partial charge in [0.05, 0.1) is 0 Å². The fraction of sp³-hybridized carbons (Fsp3) is 0. The van der Waals surface area contributed by atoms with Crippen molar-refractivity contribution in [2.75, 3.05) is 0 Å². The predicted octanol–water partition coefficient (Wildman–Crippen LogP) is 1.02. The van der Waals surface area contributed by atoms with Crippen molar-refractivity contribution in [3.05, 3.63) is 36.4 Å². The Bertz CT molecular complexity index is 390. The number of hydrazine groups is 1. The van der Waals surface area contributed by atoms with Crippen LogP contribution < -0.4 is 5.84 Å². The molecule has 6 heteroatoms. The molecule has 0 unspecified atom stereocenters. The van der Waals surface area contributed by atoms with Gasteiger partial charge in [0, 0.05) is 6.20 Å². The molecule has 0 amide bonds. The molecule has 0 saturated heterocycles. The largest absolute Gasteiger partial charge is 0.268 e. The molecule has 0 radical (unpaired) electrons. The van der Waals surface area contributed by atoms with Crippen LogP contribution in [-0.2, 0) is 4.79 Å². The summed E-state index contributed by atoms with van der Waals surface area (Å²) in [5.74, 6) is 5.78. The molecule has 0 aliphatic carbocycles. The highest BCUT2D eigenvalue weighted by molar-refractivity contribution is 6.68. The number of hydrogen-bond acceptors (Lipinski definition) is 5. The molecule has 72 valence electrons. The molecule has 1 rings (SSSR count). The summed E-state index contributed by atoms with van der Waals surface area (Å²) in [6.45, 7) is 3.47. The molecule has 0 spiro atoms. The van der Waals surface area contributed by atoms with E-state index in [2.05, 4.69) is 16.6 Å². The molecule has 1 aliphatic heterocycles. The quantitative estimate of drug-likeness (QED) is 0.420. The van der Waals surface area contributed by atoms with Gasteiger partial charge in [0.25, 0.3) is 0 Å². The topological polar surface area (TPSA) is 71.0 Å². The summed E-state index contributed by atoms with van der Waals surface area (Å²) in [5.41, 5.74) is 0.213. The maximum atomic E-state index is 10.1. The van der Waals surface area contributed by atoms with Crippen molar-refractivity contribution in [3.8, 4) is 0 Å². The van der Waals surface area contributed by atoms with E-state index in [0.717, 1.165) is 0 Å². The molecular weight excluding hydrogens is 204 g/mol. The third kappa shape index (κ3) is 2.17. The van der Waals surface area contributed by atoms with Crippen LogP contribution in [0.3, 0.4) is 0 Å². The van der Waals surface area contributed by atoms with Crippen LogP contribution >= 0.6 is 11.6 Å². The van der Waals surface area contributed by atoms with Gasteiger partial charge in [-0.05, 0) is 12.2 Å². The van der Waals surface area contributed by atoms with Gasteiger partial charge in [-0.3, -0.25) is 5.01 Å². The van der Waals surface area contributed by atoms with Crippen molar-refractivity contribution < 1.29 is 4.79 Å². The van der Waals surface area contributed by atoms with Crippen LogP contribution in [-0.4, -0.2) is 16.3 Å². The Hall–Kier alpha value is -1.68. The standard InChI is InChI=1S/C8H7ClN4O/c1-2-6(11-5-14)8-12-7(9)3-4-13(8)10/h2-4H,1,10H2/b8-6+. The van der Waals surface area contributed by atoms with Crippen molar-refractivity contribution in [3.63, 3.8) is 0 Å². The second-order valence-corrected chi connectivity index (χ2v) is 2.66. The number of allylic oxidation sites excluding steroid dienone is 2. The van der Waals surface area contributed by atoms with E-state index in [1.165, 1.54) is 29.4 Å². The smallest absolute Gasteiger partial charge is 0.240 e. The lowest BCUT2D eigenvalue weighted by Gasteiger charge is -2.17. The number of halogens is 1. The van der Waals surface area contributed by atoms with E-state index in [0.29, 0.717) is 0 Å². The van der Waals surface area contributed by atoms with Gasteiger partial charge < -0.3 is 0 Å². The highest BCUT2D eigenvalue weighted by Gasteiger charge is 2.11. The van der Waals surface area contributed by atoms with E-state index in [1.54, 1.807) is 0 Å². The van der Waals surface area contributed by atoms with Crippen molar-refractivity contribution in [1.82, 2.24) is 5.01 Å². The van der Waals surface area contributed by atoms with Crippen LogP contribution in [0, 0.1) is 0 Å². The van der Waals surface area contributed by atoms with Crippen LogP contribution in [0.4, 0.5) is 0 Å². The number of hydrogen-bond donors (Lipinski definition) is 1. The van der Waals surface area contributed by atoms with E-state index in [4.69, 9.17) is 17.4 Å². The SMILES string of the molecule is C=C/C(N=C=O)=C1/N=C(Cl)C=CN1N. The summed E-state index contributed by atoms with van der Waals surface area (Å²) in [6, 6.07) is 0. The lowest BCUT2D eigenvalue weighted by molar-refractivity contribution is 0.478. The number of carbonyl (C=O) groups excluding carboxylic acids is 1. The molecular formula is C8H7ClN4O. The fourth-order valence-electron chi connectivity index (χ4n) is 0.834. The Labute approximate surface area is 85.5 Å². The van der Waals surface area contributed by atoms with Gasteiger partial charge in [-0.15, -0.1) is 0 Å². The summed E-state index contributed by atoms with van der Waals surface area (Å²) < 4.78 is 0. The van der Waals surface area contributed by atoms with E-state index in [-0.39, 0.29) is 16.7 Å². The molecule has 0 fully saturated rings. The number of isocyanates is 1. The number of aliphatic imine (C=N–C) groups is 2. The normalized spacial score (nSPS) is 18.4. The van der Waals surface area contributed by atoms with Crippen LogP contribution in [0.2, 0.25) is 0 Å². The van der Waals surface area contributed by atoms with Gasteiger partial charge in [-0.1, -0.05) is 18.2 Å². The molecule has 5 nitrogen and oxygen atoms in total. The fourth-order valence-corrected chi connectivity index (χ4v) is 0.971. The first-order chi connectivity index (χ1) is 6.69. The molecule has 0 aromatic carbocycles. The van der Waals surface area contributed by atoms with Gasteiger partial charge in [0.1, 0.15) is 10.9 Å². The zero-order valence-corrected chi connectivity index (χ0v) is 7.90. The number of nitrogens with two attached hydrogens (primary N) is 1. The summed E-state index contributed by atoms with van der Waals surface area (Å²) in [6.07, 6.45) is 5.72. The average molecular weight is 211 g/mol. The van der Waals surface area contributed by atoms with Gasteiger partial charge in [0.2, 0.25) is 6.08 Å². The van der Waals surface area contributed by atoms with Crippen molar-refractivity contribution in [2.45, 2.75) is 0 Å². The third-order valence-electron chi connectivity index (χ3n) is 1.42. The van der Waals surface area contributed by atoms with E-state index < -0.39 is 0 Å². The molecule has 14 heavy (non-hydrogen) atoms. The molecule has 0 bridgehead atoms. The maximum Gasteiger partial charge on any atom is 0.240 e. The molecule has 0 aromatic heterocycles. The zero-order valence-electron chi connectivity index (χ0n) is 7.14. The molecule has 2 N–H and O–H groups in total. The average Bonchev–Trinajstić information content (AvgIpc) is 2.18. The molecule has 1 heterocycles. The Morgan fingerprint density at radius 3 is 3.14 bits per heavy atom. The minimum atomic E-state index is 0.213. The summed E-state index contributed by atoms with van der Waals surface area (Å²) >= 11 is 5.65. The van der Waals surface area contributed by atoms with E-state index >= 15 is 0 Å². The van der Waals surface area contributed by atoms with Gasteiger partial charge in [-0.2, -0.15) is 4.99 Å². The van der Waals surface area contributed by atoms with Gasteiger partial charge in [-0.25, -0.2) is 15.6 Å². The summed E-state index contributed by atoms with van der Waals surface area (Å²) in [7, 11) is 0. The zero-order chi connectivity index (χ0) is 10.6. The van der Waals surface area contributed by atoms with Crippen molar-refractivity contribution in [2.24, 2.45) is 15.8 Å². The summed E-state index contributed by atoms with van der Waals surface area (Å²) in [4.78, 5) is 17.3. The minimum absolute atomic E-state index is 0.213. The first-order valence-electron chi connectivity index (χ1n) is 3.60. The first kappa shape index (κ1) is 10.4. The van der Waals surface area contributed by atoms with Crippen molar-refractivity contribution >= 4 is 22.9 Å². The highest BCUT2D eigenvalue weighted by Crippen LogP contribution is 2.16. The minimum Gasteiger partial charge on any atom is -0.268 e. The Kier molecular flexibility index (Phi) is 3.36. The summed E-state index contributed by atoms with van der Waals surface area (Å²) in [5, 5.41) is 1.44. The third-order valence-corrected chi connectivity index (χ3v) is 1.63. The molecule has 0 atom stereocenters. The first-order valence-corrected chi connectivity index (χ1v) is 3.97. The van der Waals surface area contributed by atoms with E-state index in [1.807, 2.05) is 0 Å². The van der Waals surface area contributed by atoms with E-state index in [9.17, 15) is 4.79 Å². The second kappa shape index (κ2) is 4.53. The number of rotatable bonds is 2. The van der Waals surface area contributed by atoms with Crippen LogP contribution in [0.15, 0.2) is 46.4 Å². The lowest BCUT2D eigenvalue weighted by atomic mass is 10.4. The lowest BCUT2D eigenvalue weighted by Crippen LogP contribution is -2.26. The van der Waals surface area contributed by atoms with Crippen molar-refractivity contribution in [1.29, 1.82) is 0 Å². The highest BCUT2D eigenvalue weighted by atomic mass is 35.5. The van der Waals surface area contributed by atoms with Crippen LogP contribution in [0.5, 0.6) is 0 Å². The Balaban J connectivity index is 3.22.